The summed E-state index contributed by atoms with van der Waals surface area (Å²) < 4.78 is 1.63. The maximum atomic E-state index is 13.3. The van der Waals surface area contributed by atoms with Crippen molar-refractivity contribution >= 4 is 57.7 Å². The Morgan fingerprint density at radius 2 is 2.03 bits per heavy atom. The van der Waals surface area contributed by atoms with Crippen LogP contribution in [0.4, 0.5) is 5.82 Å². The Balaban J connectivity index is 1.87. The number of rotatable bonds is 4. The van der Waals surface area contributed by atoms with E-state index in [4.69, 9.17) is 22.3 Å². The van der Waals surface area contributed by atoms with Crippen LogP contribution in [0, 0.1) is 6.92 Å². The molecule has 1 N–H and O–H groups in total. The summed E-state index contributed by atoms with van der Waals surface area (Å²) in [6.45, 7) is 2.96. The number of carboxylic acids is 1. The van der Waals surface area contributed by atoms with Crippen molar-refractivity contribution in [3.8, 4) is 0 Å². The summed E-state index contributed by atoms with van der Waals surface area (Å²) in [7, 11) is 0. The Morgan fingerprint density at radius 3 is 2.72 bits per heavy atom. The van der Waals surface area contributed by atoms with Crippen LogP contribution in [0.15, 0.2) is 28.0 Å². The standard InChI is InChI=1S/C19H18N4O4S2/c1-11-4-5-14-20-16(21-6-2-3-7-21)12(17(26)22(14)9-11)8-13-18(27)23(10-15(24)25)19(28)29-13/h4-5,8-9H,2-3,6-7,10H2,1H3,(H,24,25). The molecule has 2 fully saturated rings. The predicted molar refractivity (Wildman–Crippen MR) is 115 cm³/mol. The number of fused-ring (bicyclic) bond motifs is 1. The molecule has 2 aliphatic heterocycles. The molecule has 8 nitrogen and oxygen atoms in total. The van der Waals surface area contributed by atoms with E-state index in [-0.39, 0.29) is 14.8 Å². The van der Waals surface area contributed by atoms with Crippen molar-refractivity contribution in [1.29, 1.82) is 0 Å². The minimum atomic E-state index is -1.15. The molecule has 150 valence electrons. The summed E-state index contributed by atoms with van der Waals surface area (Å²) in [6, 6.07) is 3.69. The van der Waals surface area contributed by atoms with E-state index >= 15 is 0 Å². The van der Waals surface area contributed by atoms with Crippen LogP contribution in [0.1, 0.15) is 24.0 Å². The number of carbonyl (C=O) groups excluding carboxylic acids is 1. The second-order valence-electron chi connectivity index (χ2n) is 6.94. The number of amides is 1. The van der Waals surface area contributed by atoms with Gasteiger partial charge in [-0.1, -0.05) is 30.0 Å². The molecule has 4 heterocycles. The third-order valence-corrected chi connectivity index (χ3v) is 6.21. The second kappa shape index (κ2) is 7.60. The summed E-state index contributed by atoms with van der Waals surface area (Å²) in [5.74, 6) is -1.12. The highest BCUT2D eigenvalue weighted by molar-refractivity contribution is 8.26. The van der Waals surface area contributed by atoms with Gasteiger partial charge in [0.15, 0.2) is 0 Å². The highest BCUT2D eigenvalue weighted by Crippen LogP contribution is 2.33. The SMILES string of the molecule is Cc1ccc2nc(N3CCCC3)c(C=C3SC(=S)N(CC(=O)O)C3=O)c(=O)n2c1. The zero-order chi connectivity index (χ0) is 20.7. The number of thioether (sulfide) groups is 1. The number of hydrogen-bond acceptors (Lipinski definition) is 7. The minimum Gasteiger partial charge on any atom is -0.480 e. The lowest BCUT2D eigenvalue weighted by Crippen LogP contribution is -2.33. The Hall–Kier alpha value is -2.72. The number of thiocarbonyl (C=S) groups is 1. The molecule has 0 bridgehead atoms. The van der Waals surface area contributed by atoms with Gasteiger partial charge in [0.2, 0.25) is 0 Å². The van der Waals surface area contributed by atoms with Crippen molar-refractivity contribution in [3.63, 3.8) is 0 Å². The molecule has 0 atom stereocenters. The molecule has 0 unspecified atom stereocenters. The summed E-state index contributed by atoms with van der Waals surface area (Å²) in [5.41, 5.74) is 1.49. The van der Waals surface area contributed by atoms with Gasteiger partial charge in [-0.15, -0.1) is 0 Å². The number of nitrogens with zero attached hydrogens (tertiary/aromatic N) is 4. The lowest BCUT2D eigenvalue weighted by molar-refractivity contribution is -0.140. The van der Waals surface area contributed by atoms with Gasteiger partial charge in [0, 0.05) is 19.3 Å². The first-order chi connectivity index (χ1) is 13.8. The van der Waals surface area contributed by atoms with Crippen molar-refractivity contribution < 1.29 is 14.7 Å². The van der Waals surface area contributed by atoms with Crippen molar-refractivity contribution in [3.05, 3.63) is 44.7 Å². The number of carbonyl (C=O) groups is 2. The molecule has 2 aromatic rings. The largest absolute Gasteiger partial charge is 0.480 e. The fourth-order valence-electron chi connectivity index (χ4n) is 3.45. The van der Waals surface area contributed by atoms with Crippen LogP contribution in [-0.2, 0) is 9.59 Å². The Bertz CT molecular complexity index is 1130. The van der Waals surface area contributed by atoms with Crippen molar-refractivity contribution in [1.82, 2.24) is 14.3 Å². The summed E-state index contributed by atoms with van der Waals surface area (Å²) in [6.07, 6.45) is 5.23. The number of aryl methyl sites for hydroxylation is 1. The van der Waals surface area contributed by atoms with Crippen LogP contribution < -0.4 is 10.5 Å². The van der Waals surface area contributed by atoms with Crippen LogP contribution in [0.25, 0.3) is 11.7 Å². The quantitative estimate of drug-likeness (QED) is 0.580. The monoisotopic (exact) mass is 430 g/mol. The average Bonchev–Trinajstić information content (AvgIpc) is 3.29. The summed E-state index contributed by atoms with van der Waals surface area (Å²) in [4.78, 5) is 45.0. The van der Waals surface area contributed by atoms with Gasteiger partial charge in [0.05, 0.1) is 10.5 Å². The second-order valence-corrected chi connectivity index (χ2v) is 8.62. The van der Waals surface area contributed by atoms with E-state index in [1.165, 1.54) is 10.5 Å². The average molecular weight is 431 g/mol. The Kier molecular flexibility index (Phi) is 5.13. The first kappa shape index (κ1) is 19.6. The molecule has 0 spiro atoms. The van der Waals surface area contributed by atoms with Gasteiger partial charge in [-0.2, -0.15) is 0 Å². The molecule has 1 amide bonds. The molecular weight excluding hydrogens is 412 g/mol. The van der Waals surface area contributed by atoms with Gasteiger partial charge < -0.3 is 10.0 Å². The zero-order valence-electron chi connectivity index (χ0n) is 15.6. The maximum absolute atomic E-state index is 13.3. The predicted octanol–water partition coefficient (Wildman–Crippen LogP) is 1.89. The first-order valence-electron chi connectivity index (χ1n) is 9.10. The smallest absolute Gasteiger partial charge is 0.323 e. The van der Waals surface area contributed by atoms with E-state index in [9.17, 15) is 14.4 Å². The molecule has 4 rings (SSSR count). The van der Waals surface area contributed by atoms with Crippen LogP contribution in [-0.4, -0.2) is 55.2 Å². The molecule has 0 aliphatic carbocycles. The van der Waals surface area contributed by atoms with E-state index in [1.54, 1.807) is 12.3 Å². The Morgan fingerprint density at radius 1 is 1.31 bits per heavy atom. The molecule has 0 aromatic carbocycles. The number of carboxylic acid groups (broad SMARTS) is 1. The van der Waals surface area contributed by atoms with Crippen LogP contribution in [0.5, 0.6) is 0 Å². The number of aromatic nitrogens is 2. The fourth-order valence-corrected chi connectivity index (χ4v) is 4.68. The van der Waals surface area contributed by atoms with Crippen LogP contribution in [0.2, 0.25) is 0 Å². The fraction of sp³-hybridized carbons (Fsp3) is 0.316. The Labute approximate surface area is 175 Å². The molecule has 2 aliphatic rings. The molecule has 29 heavy (non-hydrogen) atoms. The number of pyridine rings is 1. The minimum absolute atomic E-state index is 0.163. The van der Waals surface area contributed by atoms with Gasteiger partial charge >= 0.3 is 5.97 Å². The molecule has 0 saturated carbocycles. The van der Waals surface area contributed by atoms with E-state index < -0.39 is 18.4 Å². The maximum Gasteiger partial charge on any atom is 0.323 e. The number of anilines is 1. The number of aliphatic carboxylic acids is 1. The van der Waals surface area contributed by atoms with Gasteiger partial charge in [0.25, 0.3) is 11.5 Å². The topological polar surface area (TPSA) is 95.2 Å². The molecule has 10 heteroatoms. The molecule has 2 aromatic heterocycles. The lowest BCUT2D eigenvalue weighted by atomic mass is 10.2. The van der Waals surface area contributed by atoms with Gasteiger partial charge in [-0.3, -0.25) is 23.7 Å². The van der Waals surface area contributed by atoms with E-state index in [2.05, 4.69) is 0 Å². The normalized spacial score (nSPS) is 18.4. The zero-order valence-corrected chi connectivity index (χ0v) is 17.3. The van der Waals surface area contributed by atoms with Gasteiger partial charge in [-0.25, -0.2) is 4.98 Å². The molecule has 2 saturated heterocycles. The van der Waals surface area contributed by atoms with Crippen molar-refractivity contribution in [2.24, 2.45) is 0 Å². The number of hydrogen-bond donors (Lipinski definition) is 1. The molecular formula is C19H18N4O4S2. The lowest BCUT2D eigenvalue weighted by Gasteiger charge is -2.19. The highest BCUT2D eigenvalue weighted by atomic mass is 32.2. The van der Waals surface area contributed by atoms with Crippen molar-refractivity contribution in [2.75, 3.05) is 24.5 Å². The summed E-state index contributed by atoms with van der Waals surface area (Å²) in [5, 5.41) is 9.01. The summed E-state index contributed by atoms with van der Waals surface area (Å²) >= 11 is 6.15. The molecule has 0 radical (unpaired) electrons. The third kappa shape index (κ3) is 3.65. The first-order valence-corrected chi connectivity index (χ1v) is 10.3. The third-order valence-electron chi connectivity index (χ3n) is 4.83. The van der Waals surface area contributed by atoms with Gasteiger partial charge in [-0.05, 0) is 37.5 Å². The van der Waals surface area contributed by atoms with Crippen molar-refractivity contribution in [2.45, 2.75) is 19.8 Å². The van der Waals surface area contributed by atoms with E-state index in [0.717, 1.165) is 48.2 Å². The highest BCUT2D eigenvalue weighted by Gasteiger charge is 2.34. The van der Waals surface area contributed by atoms with E-state index in [0.29, 0.717) is 17.0 Å². The van der Waals surface area contributed by atoms with Crippen LogP contribution in [0.3, 0.4) is 0 Å². The van der Waals surface area contributed by atoms with Gasteiger partial charge in [0.1, 0.15) is 22.3 Å². The van der Waals surface area contributed by atoms with E-state index in [1.807, 2.05) is 17.9 Å². The van der Waals surface area contributed by atoms with Crippen LogP contribution >= 0.6 is 24.0 Å².